The first-order chi connectivity index (χ1) is 14.7. The van der Waals surface area contributed by atoms with Crippen molar-refractivity contribution in [2.24, 2.45) is 5.92 Å². The molecule has 1 aliphatic rings. The van der Waals surface area contributed by atoms with Gasteiger partial charge in [-0.2, -0.15) is 0 Å². The molecular weight excluding hydrogens is 388 g/mol. The van der Waals surface area contributed by atoms with Crippen molar-refractivity contribution in [2.45, 2.75) is 25.6 Å². The number of carbonyl (C=O) groups excluding carboxylic acids is 1. The minimum atomic E-state index is -0.592. The van der Waals surface area contributed by atoms with E-state index in [1.165, 1.54) is 6.08 Å². The summed E-state index contributed by atoms with van der Waals surface area (Å²) in [5.41, 5.74) is 1.07. The SMILES string of the molecule is C=CCOC(=O)C1=C[C@H](c2ccccc2)[C@@H](CCOCCOCCO)[C@H](OCC)O1. The second-order valence-corrected chi connectivity index (χ2v) is 6.70. The molecule has 7 nitrogen and oxygen atoms in total. The Morgan fingerprint density at radius 1 is 1.17 bits per heavy atom. The Labute approximate surface area is 178 Å². The largest absolute Gasteiger partial charge is 0.457 e. The van der Waals surface area contributed by atoms with E-state index in [0.29, 0.717) is 39.5 Å². The minimum Gasteiger partial charge on any atom is -0.457 e. The van der Waals surface area contributed by atoms with Crippen LogP contribution < -0.4 is 0 Å². The molecule has 7 heteroatoms. The standard InChI is InChI=1S/C23H32O7/c1-3-12-29-22(25)21-17-20(18-8-6-5-7-9-18)19(23(30-21)28-4-2)10-13-26-15-16-27-14-11-24/h3,5-9,17,19-20,23-24H,1,4,10-16H2,2H3/t19-,20-,23-/m1/s1. The van der Waals surface area contributed by atoms with Crippen LogP contribution in [-0.4, -0.2) is 63.6 Å². The van der Waals surface area contributed by atoms with Gasteiger partial charge in [0, 0.05) is 25.0 Å². The second kappa shape index (κ2) is 13.9. The van der Waals surface area contributed by atoms with Crippen molar-refractivity contribution in [3.05, 3.63) is 60.4 Å². The number of allylic oxidation sites excluding steroid dienone is 1. The summed E-state index contributed by atoms with van der Waals surface area (Å²) >= 11 is 0. The zero-order valence-corrected chi connectivity index (χ0v) is 17.5. The topological polar surface area (TPSA) is 83.5 Å². The molecule has 3 atom stereocenters. The average Bonchev–Trinajstić information content (AvgIpc) is 2.78. The molecule has 1 aliphatic heterocycles. The molecule has 1 aromatic carbocycles. The number of carbonyl (C=O) groups is 1. The fraction of sp³-hybridized carbons (Fsp3) is 0.522. The van der Waals surface area contributed by atoms with Gasteiger partial charge in [-0.3, -0.25) is 0 Å². The Bertz CT molecular complexity index is 659. The van der Waals surface area contributed by atoms with Gasteiger partial charge in [-0.15, -0.1) is 0 Å². The number of rotatable bonds is 14. The van der Waals surface area contributed by atoms with Gasteiger partial charge < -0.3 is 28.8 Å². The summed E-state index contributed by atoms with van der Waals surface area (Å²) in [5, 5.41) is 8.73. The number of aliphatic hydroxyl groups excluding tert-OH is 1. The van der Waals surface area contributed by atoms with Crippen LogP contribution >= 0.6 is 0 Å². The number of benzene rings is 1. The molecule has 2 rings (SSSR count). The van der Waals surface area contributed by atoms with Crippen molar-refractivity contribution in [1.82, 2.24) is 0 Å². The first-order valence-corrected chi connectivity index (χ1v) is 10.3. The Balaban J connectivity index is 2.12. The van der Waals surface area contributed by atoms with Gasteiger partial charge in [0.15, 0.2) is 0 Å². The Kier molecular flexibility index (Phi) is 11.2. The highest BCUT2D eigenvalue weighted by atomic mass is 16.7. The van der Waals surface area contributed by atoms with Crippen LogP contribution in [0.1, 0.15) is 24.8 Å². The van der Waals surface area contributed by atoms with Gasteiger partial charge >= 0.3 is 5.97 Å². The number of aliphatic hydroxyl groups is 1. The molecule has 0 unspecified atom stereocenters. The monoisotopic (exact) mass is 420 g/mol. The summed E-state index contributed by atoms with van der Waals surface area (Å²) in [5.74, 6) is -0.506. The first-order valence-electron chi connectivity index (χ1n) is 10.3. The zero-order valence-electron chi connectivity index (χ0n) is 17.5. The van der Waals surface area contributed by atoms with E-state index in [0.717, 1.165) is 5.56 Å². The van der Waals surface area contributed by atoms with E-state index < -0.39 is 12.3 Å². The van der Waals surface area contributed by atoms with Crippen LogP contribution in [0, 0.1) is 5.92 Å². The van der Waals surface area contributed by atoms with E-state index >= 15 is 0 Å². The summed E-state index contributed by atoms with van der Waals surface area (Å²) in [6, 6.07) is 9.94. The van der Waals surface area contributed by atoms with Gasteiger partial charge in [0.2, 0.25) is 12.0 Å². The van der Waals surface area contributed by atoms with Crippen LogP contribution in [0.3, 0.4) is 0 Å². The maximum Gasteiger partial charge on any atom is 0.373 e. The van der Waals surface area contributed by atoms with Gasteiger partial charge in [0.05, 0.1) is 26.4 Å². The van der Waals surface area contributed by atoms with Gasteiger partial charge in [-0.1, -0.05) is 43.0 Å². The highest BCUT2D eigenvalue weighted by Crippen LogP contribution is 2.38. The predicted molar refractivity (Wildman–Crippen MR) is 112 cm³/mol. The molecule has 0 bridgehead atoms. The number of hydrogen-bond acceptors (Lipinski definition) is 7. The molecule has 0 radical (unpaired) electrons. The van der Waals surface area contributed by atoms with E-state index in [2.05, 4.69) is 6.58 Å². The van der Waals surface area contributed by atoms with Crippen molar-refractivity contribution in [3.8, 4) is 0 Å². The highest BCUT2D eigenvalue weighted by molar-refractivity contribution is 5.86. The molecule has 0 spiro atoms. The molecular formula is C23H32O7. The molecule has 0 saturated carbocycles. The van der Waals surface area contributed by atoms with Crippen molar-refractivity contribution in [1.29, 1.82) is 0 Å². The van der Waals surface area contributed by atoms with Crippen LogP contribution in [0.4, 0.5) is 0 Å². The van der Waals surface area contributed by atoms with Gasteiger partial charge in [-0.05, 0) is 25.0 Å². The lowest BCUT2D eigenvalue weighted by Crippen LogP contribution is -2.37. The predicted octanol–water partition coefficient (Wildman–Crippen LogP) is 2.81. The Morgan fingerprint density at radius 2 is 1.90 bits per heavy atom. The zero-order chi connectivity index (χ0) is 21.6. The highest BCUT2D eigenvalue weighted by Gasteiger charge is 2.38. The van der Waals surface area contributed by atoms with Crippen molar-refractivity contribution in [2.75, 3.05) is 46.2 Å². The van der Waals surface area contributed by atoms with E-state index in [1.807, 2.05) is 43.3 Å². The smallest absolute Gasteiger partial charge is 0.373 e. The molecule has 0 saturated heterocycles. The van der Waals surface area contributed by atoms with Crippen LogP contribution in [-0.2, 0) is 28.5 Å². The lowest BCUT2D eigenvalue weighted by atomic mass is 9.81. The molecule has 0 amide bonds. The van der Waals surface area contributed by atoms with Gasteiger partial charge in [0.25, 0.3) is 0 Å². The maximum atomic E-state index is 12.4. The lowest BCUT2D eigenvalue weighted by molar-refractivity contribution is -0.176. The fourth-order valence-corrected chi connectivity index (χ4v) is 3.29. The maximum absolute atomic E-state index is 12.4. The van der Waals surface area contributed by atoms with Crippen LogP contribution in [0.5, 0.6) is 0 Å². The van der Waals surface area contributed by atoms with Crippen molar-refractivity contribution >= 4 is 5.97 Å². The lowest BCUT2D eigenvalue weighted by Gasteiger charge is -2.36. The molecule has 166 valence electrons. The van der Waals surface area contributed by atoms with Crippen molar-refractivity contribution in [3.63, 3.8) is 0 Å². The third-order valence-electron chi connectivity index (χ3n) is 4.64. The third-order valence-corrected chi connectivity index (χ3v) is 4.64. The van der Waals surface area contributed by atoms with E-state index in [9.17, 15) is 4.79 Å². The summed E-state index contributed by atoms with van der Waals surface area (Å²) in [6.45, 7) is 7.69. The summed E-state index contributed by atoms with van der Waals surface area (Å²) < 4.78 is 27.8. The molecule has 0 aromatic heterocycles. The number of hydrogen-bond donors (Lipinski definition) is 1. The van der Waals surface area contributed by atoms with Crippen LogP contribution in [0.25, 0.3) is 0 Å². The third kappa shape index (κ3) is 7.57. The molecule has 1 aromatic rings. The number of ether oxygens (including phenoxy) is 5. The minimum absolute atomic E-state index is 0.00188. The Morgan fingerprint density at radius 3 is 2.57 bits per heavy atom. The van der Waals surface area contributed by atoms with E-state index in [-0.39, 0.29) is 30.8 Å². The quantitative estimate of drug-likeness (QED) is 0.281. The van der Waals surface area contributed by atoms with E-state index in [4.69, 9.17) is 28.8 Å². The van der Waals surface area contributed by atoms with Gasteiger partial charge in [0.1, 0.15) is 6.61 Å². The molecule has 0 fully saturated rings. The summed E-state index contributed by atoms with van der Waals surface area (Å²) in [4.78, 5) is 12.4. The van der Waals surface area contributed by atoms with Crippen LogP contribution in [0.2, 0.25) is 0 Å². The normalized spacial score (nSPS) is 20.9. The molecule has 1 N–H and O–H groups in total. The second-order valence-electron chi connectivity index (χ2n) is 6.70. The average molecular weight is 421 g/mol. The molecule has 30 heavy (non-hydrogen) atoms. The van der Waals surface area contributed by atoms with E-state index in [1.54, 1.807) is 0 Å². The van der Waals surface area contributed by atoms with Crippen LogP contribution in [0.15, 0.2) is 54.8 Å². The number of esters is 1. The van der Waals surface area contributed by atoms with Gasteiger partial charge in [-0.25, -0.2) is 4.79 Å². The summed E-state index contributed by atoms with van der Waals surface area (Å²) in [6.07, 6.45) is 3.41. The van der Waals surface area contributed by atoms with Crippen molar-refractivity contribution < 1.29 is 33.6 Å². The molecule has 0 aliphatic carbocycles. The molecule has 1 heterocycles. The first kappa shape index (κ1) is 24.1. The fourth-order valence-electron chi connectivity index (χ4n) is 3.29. The Hall–Kier alpha value is -2.19. The summed E-state index contributed by atoms with van der Waals surface area (Å²) in [7, 11) is 0.